The Kier molecular flexibility index (Phi) is 3.81. The van der Waals surface area contributed by atoms with Gasteiger partial charge in [-0.25, -0.2) is 0 Å². The molecule has 0 heterocycles. The van der Waals surface area contributed by atoms with Gasteiger partial charge in [-0.05, 0) is 0 Å². The Balaban J connectivity index is 0. The van der Waals surface area contributed by atoms with Crippen molar-refractivity contribution in [3.05, 3.63) is 0 Å². The van der Waals surface area contributed by atoms with Gasteiger partial charge in [-0.3, -0.25) is 0 Å². The minimum absolute atomic E-state index is 8.97. The predicted molar refractivity (Wildman–Crippen MR) is 11.1 cm³/mol. The Morgan fingerprint density at radius 1 is 0.333 bits per heavy atom. The first kappa shape index (κ1) is 15.0. The summed E-state index contributed by atoms with van der Waals surface area (Å²) < 4.78 is 98.9. The summed E-state index contributed by atoms with van der Waals surface area (Å²) in [5, 5.41) is 0. The van der Waals surface area contributed by atoms with Gasteiger partial charge in [0.05, 0.1) is 0 Å². The second-order valence-corrected chi connectivity index (χ2v) is 5.98. The van der Waals surface area contributed by atoms with Crippen LogP contribution in [0.3, 0.4) is 0 Å². The molecule has 0 aliphatic heterocycles. The van der Waals surface area contributed by atoms with Crippen molar-refractivity contribution < 1.29 is 65.3 Å². The van der Waals surface area contributed by atoms with Crippen molar-refractivity contribution in [3.8, 4) is 0 Å². The standard InChI is InChI=1S/10FH.2Ru/h10*1H;;/q;;;;;;;;;;2*+5/p-10. The van der Waals surface area contributed by atoms with Crippen LogP contribution >= 0.6 is 0 Å². The summed E-state index contributed by atoms with van der Waals surface area (Å²) in [4.78, 5) is 0. The van der Waals surface area contributed by atoms with Gasteiger partial charge in [0.15, 0.2) is 0 Å². The molecule has 0 aromatic heterocycles. The van der Waals surface area contributed by atoms with Crippen molar-refractivity contribution in [3.63, 3.8) is 0 Å². The molecule has 0 aromatic carbocycles. The Hall–Kier alpha value is 0.547. The first-order valence-electron chi connectivity index (χ1n) is 1.34. The molecule has 12 heteroatoms. The second kappa shape index (κ2) is 3.04. The summed E-state index contributed by atoms with van der Waals surface area (Å²) >= 11 is -17.9. The normalized spacial score (nSPS) is 19.2. The molecule has 0 spiro atoms. The third-order valence-electron chi connectivity index (χ3n) is 0. The Bertz CT molecular complexity index is 94.2. The van der Waals surface area contributed by atoms with E-state index in [4.69, 9.17) is 0 Å². The molecule has 0 nitrogen and oxygen atoms in total. The van der Waals surface area contributed by atoms with E-state index in [0.717, 1.165) is 0 Å². The van der Waals surface area contributed by atoms with Crippen LogP contribution < -0.4 is 0 Å². The molecule has 0 bridgehead atoms. The van der Waals surface area contributed by atoms with Crippen molar-refractivity contribution in [2.75, 3.05) is 0 Å². The van der Waals surface area contributed by atoms with Gasteiger partial charge in [-0.1, -0.05) is 0 Å². The Morgan fingerprint density at radius 3 is 0.333 bits per heavy atom. The van der Waals surface area contributed by atoms with E-state index < -0.39 is 32.2 Å². The molecule has 0 fully saturated rings. The first-order chi connectivity index (χ1) is 4.47. The molecule has 0 aliphatic carbocycles. The summed E-state index contributed by atoms with van der Waals surface area (Å²) in [5.74, 6) is 0. The quantitative estimate of drug-likeness (QED) is 0.429. The molecule has 0 amide bonds. The van der Waals surface area contributed by atoms with Crippen molar-refractivity contribution in [1.82, 2.24) is 0 Å². The summed E-state index contributed by atoms with van der Waals surface area (Å²) in [5.41, 5.74) is 0. The molecule has 86 valence electrons. The van der Waals surface area contributed by atoms with Gasteiger partial charge >= 0.3 is 65.3 Å². The SMILES string of the molecule is [F][Ru]([F])([F])([F])[F].[F][Ru]([F])([F])([F])[F]. The van der Waals surface area contributed by atoms with Crippen LogP contribution in [-0.4, -0.2) is 0 Å². The van der Waals surface area contributed by atoms with Gasteiger partial charge in [-0.2, -0.15) is 0 Å². The number of hydrogen-bond acceptors (Lipinski definition) is 0. The van der Waals surface area contributed by atoms with Gasteiger partial charge in [0, 0.05) is 0 Å². The van der Waals surface area contributed by atoms with Crippen LogP contribution in [0.1, 0.15) is 0 Å². The monoisotopic (exact) mass is 394 g/mol. The van der Waals surface area contributed by atoms with Gasteiger partial charge in [-0.15, -0.1) is 0 Å². The van der Waals surface area contributed by atoms with Crippen LogP contribution in [0.5, 0.6) is 0 Å². The summed E-state index contributed by atoms with van der Waals surface area (Å²) in [6.07, 6.45) is 0. The van der Waals surface area contributed by atoms with Crippen molar-refractivity contribution >= 4 is 0 Å². The fraction of sp³-hybridized carbons (Fsp3) is 0. The van der Waals surface area contributed by atoms with Crippen LogP contribution in [-0.2, 0) is 32.2 Å². The van der Waals surface area contributed by atoms with Gasteiger partial charge in [0.1, 0.15) is 0 Å². The third-order valence-corrected chi connectivity index (χ3v) is 0. The predicted octanol–water partition coefficient (Wildman–Crippen LogP) is 4.20. The summed E-state index contributed by atoms with van der Waals surface area (Å²) in [6.45, 7) is 0. The molecular weight excluding hydrogens is 392 g/mol. The van der Waals surface area contributed by atoms with E-state index in [-0.39, 0.29) is 0 Å². The molecule has 0 radical (unpaired) electrons. The minimum atomic E-state index is -8.97. The van der Waals surface area contributed by atoms with Gasteiger partial charge < -0.3 is 0 Å². The maximum atomic E-state index is 9.89. The van der Waals surface area contributed by atoms with E-state index in [0.29, 0.717) is 0 Å². The molecule has 0 atom stereocenters. The van der Waals surface area contributed by atoms with E-state index in [2.05, 4.69) is 0 Å². The fourth-order valence-electron chi connectivity index (χ4n) is 0. The van der Waals surface area contributed by atoms with Gasteiger partial charge in [0.25, 0.3) is 0 Å². The number of hydrogen-bond donors (Lipinski definition) is 0. The average molecular weight is 392 g/mol. The number of halogens is 10. The van der Waals surface area contributed by atoms with E-state index in [1.165, 1.54) is 0 Å². The van der Waals surface area contributed by atoms with E-state index in [1.807, 2.05) is 0 Å². The zero-order valence-electron chi connectivity index (χ0n) is 4.49. The summed E-state index contributed by atoms with van der Waals surface area (Å²) in [6, 6.07) is 0. The van der Waals surface area contributed by atoms with Gasteiger partial charge in [0.2, 0.25) is 0 Å². The molecule has 0 N–H and O–H groups in total. The van der Waals surface area contributed by atoms with Crippen LogP contribution in [0, 0.1) is 0 Å². The summed E-state index contributed by atoms with van der Waals surface area (Å²) in [7, 11) is 0. The Morgan fingerprint density at radius 2 is 0.333 bits per heavy atom. The molecule has 0 unspecified atom stereocenters. The Labute approximate surface area is 65.8 Å². The van der Waals surface area contributed by atoms with E-state index in [1.54, 1.807) is 0 Å². The molecular formula is F10Ru2. The first-order valence-corrected chi connectivity index (χ1v) is 7.91. The van der Waals surface area contributed by atoms with Crippen LogP contribution in [0.4, 0.5) is 33.2 Å². The second-order valence-electron chi connectivity index (χ2n) is 1.01. The molecule has 0 saturated heterocycles. The number of rotatable bonds is 0. The maximum absolute atomic E-state index is 9.89. The van der Waals surface area contributed by atoms with Crippen molar-refractivity contribution in [2.24, 2.45) is 0 Å². The van der Waals surface area contributed by atoms with Crippen molar-refractivity contribution in [2.45, 2.75) is 0 Å². The van der Waals surface area contributed by atoms with E-state index in [9.17, 15) is 33.2 Å². The topological polar surface area (TPSA) is 0 Å². The van der Waals surface area contributed by atoms with Crippen LogP contribution in [0.15, 0.2) is 0 Å². The zero-order chi connectivity index (χ0) is 10.9. The molecule has 0 aliphatic rings. The molecule has 12 heavy (non-hydrogen) atoms. The van der Waals surface area contributed by atoms with Crippen LogP contribution in [0.2, 0.25) is 0 Å². The third kappa shape index (κ3) is 3220. The zero-order valence-corrected chi connectivity index (χ0v) is 7.96. The molecule has 0 saturated carbocycles. The molecule has 0 rings (SSSR count). The fourth-order valence-corrected chi connectivity index (χ4v) is 0. The van der Waals surface area contributed by atoms with E-state index >= 15 is 0 Å². The van der Waals surface area contributed by atoms with Crippen molar-refractivity contribution in [1.29, 1.82) is 0 Å². The molecule has 0 aromatic rings. The average Bonchev–Trinajstić information content (AvgIpc) is 1.02. The van der Waals surface area contributed by atoms with Crippen LogP contribution in [0.25, 0.3) is 0 Å².